The number of hydrogen-bond donors (Lipinski definition) is 2. The molecule has 0 amide bonds. The van der Waals surface area contributed by atoms with Crippen LogP contribution in [0.4, 0.5) is 10.2 Å². The highest BCUT2D eigenvalue weighted by Gasteiger charge is 2.33. The average Bonchev–Trinajstić information content (AvgIpc) is 3.20. The van der Waals surface area contributed by atoms with Crippen LogP contribution in [0.1, 0.15) is 38.2 Å². The Balaban J connectivity index is 1.62. The van der Waals surface area contributed by atoms with Crippen LogP contribution in [0.3, 0.4) is 0 Å². The Bertz CT molecular complexity index is 1560. The van der Waals surface area contributed by atoms with Crippen molar-refractivity contribution in [3.8, 4) is 11.4 Å². The van der Waals surface area contributed by atoms with E-state index >= 15 is 0 Å². The van der Waals surface area contributed by atoms with Gasteiger partial charge in [0.15, 0.2) is 23.1 Å². The van der Waals surface area contributed by atoms with Gasteiger partial charge in [0.1, 0.15) is 0 Å². The number of nitrogens with one attached hydrogen (secondary N) is 1. The van der Waals surface area contributed by atoms with E-state index in [1.165, 1.54) is 24.5 Å². The van der Waals surface area contributed by atoms with E-state index in [1.54, 1.807) is 18.2 Å². The zero-order chi connectivity index (χ0) is 25.7. The van der Waals surface area contributed by atoms with E-state index in [2.05, 4.69) is 20.3 Å². The van der Waals surface area contributed by atoms with Crippen molar-refractivity contribution in [2.45, 2.75) is 56.1 Å². The number of aliphatic hydroxyl groups excluding tert-OH is 1. The van der Waals surface area contributed by atoms with Gasteiger partial charge >= 0.3 is 0 Å². The van der Waals surface area contributed by atoms with Crippen molar-refractivity contribution >= 4 is 38.5 Å². The number of aryl methyl sites for hydroxylation is 1. The average molecular weight is 530 g/mol. The van der Waals surface area contributed by atoms with Gasteiger partial charge in [-0.05, 0) is 57.7 Å². The predicted octanol–water partition coefficient (Wildman–Crippen LogP) is 4.94. The lowest BCUT2D eigenvalue weighted by Gasteiger charge is -2.37. The summed E-state index contributed by atoms with van der Waals surface area (Å²) in [4.78, 5) is 12.9. The van der Waals surface area contributed by atoms with Gasteiger partial charge in [0.05, 0.1) is 22.2 Å². The van der Waals surface area contributed by atoms with Crippen LogP contribution in [0.5, 0.6) is 0 Å². The lowest BCUT2D eigenvalue weighted by Crippen LogP contribution is -2.42. The molecular formula is C25H25ClFN5O3S. The summed E-state index contributed by atoms with van der Waals surface area (Å²) >= 11 is 6.20. The molecule has 188 valence electrons. The Morgan fingerprint density at radius 3 is 2.69 bits per heavy atom. The van der Waals surface area contributed by atoms with Gasteiger partial charge in [-0.1, -0.05) is 29.3 Å². The van der Waals surface area contributed by atoms with E-state index < -0.39 is 27.5 Å². The first kappa shape index (κ1) is 24.6. The summed E-state index contributed by atoms with van der Waals surface area (Å²) in [5.41, 5.74) is 0.876. The van der Waals surface area contributed by atoms with E-state index in [0.29, 0.717) is 28.8 Å². The Morgan fingerprint density at radius 2 is 1.97 bits per heavy atom. The quantitative estimate of drug-likeness (QED) is 0.377. The van der Waals surface area contributed by atoms with Crippen molar-refractivity contribution in [2.75, 3.05) is 5.32 Å². The molecular weight excluding hydrogens is 505 g/mol. The minimum Gasteiger partial charge on any atom is -0.393 e. The lowest BCUT2D eigenvalue weighted by molar-refractivity contribution is 0.1000. The topological polar surface area (TPSA) is 110 Å². The second kappa shape index (κ2) is 9.10. The molecule has 1 saturated carbocycles. The molecule has 0 saturated heterocycles. The molecule has 1 unspecified atom stereocenters. The van der Waals surface area contributed by atoms with E-state index in [9.17, 15) is 17.9 Å². The standard InChI is InChI=1S/C25H25ClFN5O3S/c1-15-5-7-18(8-6-15)36(34,35)32-14-20(19-10-16(26)12-29-24(19)32)22-28-13-21(27)23(30-22)31-25(2)9-3-4-17(33)11-25/h5-8,10,12-14,17,33H,3-4,9,11H2,1-2H3,(H,28,30,31)/t17-,25?/m0/s1. The number of benzene rings is 1. The first-order valence-corrected chi connectivity index (χ1v) is 13.4. The van der Waals surface area contributed by atoms with E-state index in [4.69, 9.17) is 11.6 Å². The fraction of sp³-hybridized carbons (Fsp3) is 0.320. The third-order valence-corrected chi connectivity index (χ3v) is 8.38. The number of aliphatic hydroxyl groups is 1. The molecule has 36 heavy (non-hydrogen) atoms. The molecule has 3 aromatic heterocycles. The molecule has 2 atom stereocenters. The predicted molar refractivity (Wildman–Crippen MR) is 136 cm³/mol. The van der Waals surface area contributed by atoms with Crippen molar-refractivity contribution in [2.24, 2.45) is 0 Å². The molecule has 3 heterocycles. The maximum Gasteiger partial charge on any atom is 0.269 e. The smallest absolute Gasteiger partial charge is 0.269 e. The van der Waals surface area contributed by atoms with Gasteiger partial charge < -0.3 is 10.4 Å². The van der Waals surface area contributed by atoms with Crippen LogP contribution >= 0.6 is 11.6 Å². The highest BCUT2D eigenvalue weighted by atomic mass is 35.5. The number of fused-ring (bicyclic) bond motifs is 1. The minimum atomic E-state index is -4.00. The van der Waals surface area contributed by atoms with Crippen LogP contribution in [0.2, 0.25) is 5.02 Å². The Labute approximate surface area is 213 Å². The van der Waals surface area contributed by atoms with Crippen LogP contribution in [0, 0.1) is 12.7 Å². The summed E-state index contributed by atoms with van der Waals surface area (Å²) in [6.45, 7) is 3.79. The zero-order valence-electron chi connectivity index (χ0n) is 19.7. The van der Waals surface area contributed by atoms with Crippen molar-refractivity contribution in [1.29, 1.82) is 0 Å². The van der Waals surface area contributed by atoms with Crippen molar-refractivity contribution in [3.05, 3.63) is 65.3 Å². The lowest BCUT2D eigenvalue weighted by atomic mass is 9.81. The molecule has 1 aliphatic rings. The SMILES string of the molecule is Cc1ccc(S(=O)(=O)n2cc(-c3ncc(F)c(NC4(C)CCC[C@H](O)C4)n3)c3cc(Cl)cnc32)cc1. The molecule has 0 aliphatic heterocycles. The maximum atomic E-state index is 14.7. The molecule has 8 nitrogen and oxygen atoms in total. The van der Waals surface area contributed by atoms with Crippen LogP contribution in [-0.4, -0.2) is 44.1 Å². The largest absolute Gasteiger partial charge is 0.393 e. The Hall–Kier alpha value is -3.08. The first-order valence-electron chi connectivity index (χ1n) is 11.5. The third-order valence-electron chi connectivity index (χ3n) is 6.51. The fourth-order valence-corrected chi connectivity index (χ4v) is 6.16. The molecule has 0 bridgehead atoms. The highest BCUT2D eigenvalue weighted by Crippen LogP contribution is 2.35. The molecule has 5 rings (SSSR count). The summed E-state index contributed by atoms with van der Waals surface area (Å²) in [7, 11) is -4.00. The second-order valence-corrected chi connectivity index (χ2v) is 11.8. The number of pyridine rings is 1. The summed E-state index contributed by atoms with van der Waals surface area (Å²) in [5, 5.41) is 14.0. The van der Waals surface area contributed by atoms with E-state index in [0.717, 1.165) is 28.6 Å². The number of rotatable bonds is 5. The van der Waals surface area contributed by atoms with Gasteiger partial charge in [0.2, 0.25) is 0 Å². The van der Waals surface area contributed by atoms with E-state index in [-0.39, 0.29) is 22.2 Å². The third kappa shape index (κ3) is 4.56. The molecule has 1 aromatic carbocycles. The first-order chi connectivity index (χ1) is 17.1. The molecule has 0 spiro atoms. The maximum absolute atomic E-state index is 14.7. The zero-order valence-corrected chi connectivity index (χ0v) is 21.3. The van der Waals surface area contributed by atoms with Gasteiger partial charge in [-0.25, -0.2) is 31.7 Å². The highest BCUT2D eigenvalue weighted by molar-refractivity contribution is 7.90. The van der Waals surface area contributed by atoms with Crippen LogP contribution in [0.15, 0.2) is 53.8 Å². The summed E-state index contributed by atoms with van der Waals surface area (Å²) in [5.74, 6) is -0.549. The number of halogens is 2. The number of aromatic nitrogens is 4. The molecule has 0 radical (unpaired) electrons. The monoisotopic (exact) mass is 529 g/mol. The molecule has 1 fully saturated rings. The molecule has 1 aliphatic carbocycles. The summed E-state index contributed by atoms with van der Waals surface area (Å²) < 4.78 is 42.8. The number of anilines is 1. The minimum absolute atomic E-state index is 0.0196. The summed E-state index contributed by atoms with van der Waals surface area (Å²) in [6, 6.07) is 8.07. The van der Waals surface area contributed by atoms with Gasteiger partial charge in [-0.3, -0.25) is 0 Å². The van der Waals surface area contributed by atoms with Gasteiger partial charge in [-0.15, -0.1) is 0 Å². The Kier molecular flexibility index (Phi) is 6.22. The van der Waals surface area contributed by atoms with E-state index in [1.807, 2.05) is 13.8 Å². The van der Waals surface area contributed by atoms with Gasteiger partial charge in [0.25, 0.3) is 10.0 Å². The normalized spacial score (nSPS) is 20.5. The molecule has 4 aromatic rings. The van der Waals surface area contributed by atoms with Crippen molar-refractivity contribution in [1.82, 2.24) is 18.9 Å². The van der Waals surface area contributed by atoms with Gasteiger partial charge in [0, 0.05) is 28.9 Å². The fourth-order valence-electron chi connectivity index (χ4n) is 4.67. The van der Waals surface area contributed by atoms with Crippen molar-refractivity contribution in [3.63, 3.8) is 0 Å². The van der Waals surface area contributed by atoms with Crippen LogP contribution in [0.25, 0.3) is 22.4 Å². The van der Waals surface area contributed by atoms with Crippen LogP contribution < -0.4 is 5.32 Å². The molecule has 2 N–H and O–H groups in total. The second-order valence-electron chi connectivity index (χ2n) is 9.51. The van der Waals surface area contributed by atoms with Crippen LogP contribution in [-0.2, 0) is 10.0 Å². The Morgan fingerprint density at radius 1 is 1.22 bits per heavy atom. The van der Waals surface area contributed by atoms with Gasteiger partial charge in [-0.2, -0.15) is 0 Å². The number of nitrogens with zero attached hydrogens (tertiary/aromatic N) is 4. The number of hydrogen-bond acceptors (Lipinski definition) is 7. The molecule has 11 heteroatoms. The summed E-state index contributed by atoms with van der Waals surface area (Å²) in [6.07, 6.45) is 6.03. The van der Waals surface area contributed by atoms with Crippen molar-refractivity contribution < 1.29 is 17.9 Å².